The topological polar surface area (TPSA) is 21.3 Å². The van der Waals surface area contributed by atoms with Gasteiger partial charge in [-0.25, -0.2) is 0 Å². The normalized spacial score (nSPS) is 11.0. The van der Waals surface area contributed by atoms with Crippen molar-refractivity contribution in [1.29, 1.82) is 0 Å². The smallest absolute Gasteiger partial charge is 0.120 e. The summed E-state index contributed by atoms with van der Waals surface area (Å²) in [6.45, 7) is 10.2. The van der Waals surface area contributed by atoms with E-state index in [-0.39, 0.29) is 17.9 Å². The van der Waals surface area contributed by atoms with E-state index in [0.29, 0.717) is 6.61 Å². The molecule has 2 rings (SSSR count). The number of nitrogens with one attached hydrogen (secondary N) is 1. The third-order valence-corrected chi connectivity index (χ3v) is 4.08. The van der Waals surface area contributed by atoms with Crippen LogP contribution in [0.25, 0.3) is 0 Å². The minimum Gasteiger partial charge on any atom is -0.489 e. The van der Waals surface area contributed by atoms with Gasteiger partial charge in [0.1, 0.15) is 12.4 Å². The fourth-order valence-corrected chi connectivity index (χ4v) is 2.06. The molecule has 0 atom stereocenters. The van der Waals surface area contributed by atoms with Gasteiger partial charge in [-0.3, -0.25) is 0 Å². The van der Waals surface area contributed by atoms with Gasteiger partial charge in [-0.1, -0.05) is 48.9 Å². The Balaban J connectivity index is 0.00000264. The van der Waals surface area contributed by atoms with Crippen LogP contribution in [-0.4, -0.2) is 5.54 Å². The number of benzene rings is 2. The van der Waals surface area contributed by atoms with Crippen LogP contribution < -0.4 is 10.1 Å². The quantitative estimate of drug-likeness (QED) is 0.744. The van der Waals surface area contributed by atoms with Crippen molar-refractivity contribution in [2.45, 2.75) is 52.8 Å². The van der Waals surface area contributed by atoms with Crippen LogP contribution >= 0.6 is 12.4 Å². The summed E-state index contributed by atoms with van der Waals surface area (Å²) in [5.74, 6) is 0.925. The maximum atomic E-state index is 5.90. The maximum absolute atomic E-state index is 5.90. The summed E-state index contributed by atoms with van der Waals surface area (Å²) in [7, 11) is 0. The lowest BCUT2D eigenvalue weighted by molar-refractivity contribution is 0.305. The molecule has 0 radical (unpaired) electrons. The Bertz CT molecular complexity index is 593. The fourth-order valence-electron chi connectivity index (χ4n) is 2.06. The van der Waals surface area contributed by atoms with E-state index in [9.17, 15) is 0 Å². The van der Waals surface area contributed by atoms with E-state index >= 15 is 0 Å². The monoisotopic (exact) mass is 333 g/mol. The van der Waals surface area contributed by atoms with Crippen LogP contribution in [0, 0.1) is 6.92 Å². The van der Waals surface area contributed by atoms with E-state index in [4.69, 9.17) is 4.74 Å². The molecular weight excluding hydrogens is 306 g/mol. The molecule has 0 saturated heterocycles. The number of aryl methyl sites for hydroxylation is 1. The third-order valence-electron chi connectivity index (χ3n) is 4.08. The number of ether oxygens (including phenoxy) is 1. The van der Waals surface area contributed by atoms with Crippen molar-refractivity contribution in [2.75, 3.05) is 0 Å². The molecule has 0 heterocycles. The van der Waals surface area contributed by atoms with Crippen molar-refractivity contribution in [3.8, 4) is 5.75 Å². The Labute approximate surface area is 146 Å². The Hall–Kier alpha value is -1.51. The molecule has 0 fully saturated rings. The Morgan fingerprint density at radius 1 is 1.00 bits per heavy atom. The van der Waals surface area contributed by atoms with Gasteiger partial charge in [0.25, 0.3) is 0 Å². The van der Waals surface area contributed by atoms with Gasteiger partial charge in [0.2, 0.25) is 0 Å². The van der Waals surface area contributed by atoms with E-state index in [1.165, 1.54) is 16.7 Å². The molecule has 0 bridgehead atoms. The lowest BCUT2D eigenvalue weighted by Crippen LogP contribution is -2.37. The number of halogens is 1. The van der Waals surface area contributed by atoms with Crippen LogP contribution in [0.3, 0.4) is 0 Å². The largest absolute Gasteiger partial charge is 0.489 e. The van der Waals surface area contributed by atoms with Crippen LogP contribution in [0.2, 0.25) is 0 Å². The van der Waals surface area contributed by atoms with Crippen LogP contribution in [0.4, 0.5) is 0 Å². The average Bonchev–Trinajstić information content (AvgIpc) is 2.53. The Kier molecular flexibility index (Phi) is 7.60. The Morgan fingerprint density at radius 2 is 1.70 bits per heavy atom. The highest BCUT2D eigenvalue weighted by Gasteiger charge is 2.13. The molecule has 126 valence electrons. The van der Waals surface area contributed by atoms with Crippen molar-refractivity contribution >= 4 is 12.4 Å². The van der Waals surface area contributed by atoms with Gasteiger partial charge >= 0.3 is 0 Å². The minimum atomic E-state index is 0. The molecule has 2 aromatic rings. The van der Waals surface area contributed by atoms with Crippen LogP contribution in [0.5, 0.6) is 5.75 Å². The second kappa shape index (κ2) is 8.95. The van der Waals surface area contributed by atoms with Crippen molar-refractivity contribution < 1.29 is 4.74 Å². The predicted octanol–water partition coefficient (Wildman–Crippen LogP) is 5.27. The molecule has 0 aliphatic rings. The van der Waals surface area contributed by atoms with E-state index in [2.05, 4.69) is 75.5 Å². The average molecular weight is 334 g/mol. The maximum Gasteiger partial charge on any atom is 0.120 e. The van der Waals surface area contributed by atoms with Crippen molar-refractivity contribution in [3.63, 3.8) is 0 Å². The summed E-state index contributed by atoms with van der Waals surface area (Å²) in [5, 5.41) is 3.58. The molecule has 2 aromatic carbocycles. The van der Waals surface area contributed by atoms with E-state index in [1.54, 1.807) is 0 Å². The van der Waals surface area contributed by atoms with E-state index in [1.807, 2.05) is 6.07 Å². The molecular formula is C20H28ClNO. The van der Waals surface area contributed by atoms with Gasteiger partial charge in [-0.05, 0) is 50.5 Å². The van der Waals surface area contributed by atoms with Crippen molar-refractivity contribution in [1.82, 2.24) is 5.32 Å². The van der Waals surface area contributed by atoms with Crippen LogP contribution in [0.1, 0.15) is 43.9 Å². The highest BCUT2D eigenvalue weighted by molar-refractivity contribution is 5.85. The minimum absolute atomic E-state index is 0. The zero-order valence-electron chi connectivity index (χ0n) is 14.6. The third kappa shape index (κ3) is 6.64. The molecule has 0 aromatic heterocycles. The van der Waals surface area contributed by atoms with Gasteiger partial charge < -0.3 is 10.1 Å². The van der Waals surface area contributed by atoms with E-state index < -0.39 is 0 Å². The molecule has 0 amide bonds. The molecule has 0 unspecified atom stereocenters. The highest BCUT2D eigenvalue weighted by Crippen LogP contribution is 2.17. The molecule has 23 heavy (non-hydrogen) atoms. The first kappa shape index (κ1) is 19.5. The summed E-state index contributed by atoms with van der Waals surface area (Å²) in [6, 6.07) is 16.8. The lowest BCUT2D eigenvalue weighted by atomic mass is 10.0. The molecule has 0 saturated carbocycles. The van der Waals surface area contributed by atoms with E-state index in [0.717, 1.165) is 18.7 Å². The summed E-state index contributed by atoms with van der Waals surface area (Å²) in [6.07, 6.45) is 1.11. The fraction of sp³-hybridized carbons (Fsp3) is 0.400. The van der Waals surface area contributed by atoms with Gasteiger partial charge in [0, 0.05) is 12.1 Å². The molecule has 3 heteroatoms. The van der Waals surface area contributed by atoms with Crippen LogP contribution in [0.15, 0.2) is 48.5 Å². The SMILES string of the molecule is CCC(C)(C)NCc1cccc(OCc2ccc(C)cc2)c1.Cl. The Morgan fingerprint density at radius 3 is 2.35 bits per heavy atom. The molecule has 0 spiro atoms. The highest BCUT2D eigenvalue weighted by atomic mass is 35.5. The standard InChI is InChI=1S/C20H27NO.ClH/c1-5-20(3,4)21-14-18-7-6-8-19(13-18)22-15-17-11-9-16(2)10-12-17;/h6-13,21H,5,14-15H2,1-4H3;1H. The number of hydrogen-bond donors (Lipinski definition) is 1. The van der Waals surface area contributed by atoms with Crippen LogP contribution in [-0.2, 0) is 13.2 Å². The first-order chi connectivity index (χ1) is 10.5. The molecule has 0 aliphatic heterocycles. The van der Waals surface area contributed by atoms with Crippen molar-refractivity contribution in [2.24, 2.45) is 0 Å². The van der Waals surface area contributed by atoms with Gasteiger partial charge in [0.05, 0.1) is 0 Å². The number of rotatable bonds is 7. The zero-order valence-corrected chi connectivity index (χ0v) is 15.4. The first-order valence-electron chi connectivity index (χ1n) is 8.01. The van der Waals surface area contributed by atoms with Crippen molar-refractivity contribution in [3.05, 3.63) is 65.2 Å². The second-order valence-corrected chi connectivity index (χ2v) is 6.51. The van der Waals surface area contributed by atoms with Gasteiger partial charge in [-0.2, -0.15) is 0 Å². The summed E-state index contributed by atoms with van der Waals surface area (Å²) in [4.78, 5) is 0. The summed E-state index contributed by atoms with van der Waals surface area (Å²) < 4.78 is 5.90. The van der Waals surface area contributed by atoms with Gasteiger partial charge in [-0.15, -0.1) is 12.4 Å². The van der Waals surface area contributed by atoms with Gasteiger partial charge in [0.15, 0.2) is 0 Å². The lowest BCUT2D eigenvalue weighted by Gasteiger charge is -2.24. The summed E-state index contributed by atoms with van der Waals surface area (Å²) >= 11 is 0. The summed E-state index contributed by atoms with van der Waals surface area (Å²) in [5.41, 5.74) is 3.89. The zero-order chi connectivity index (χ0) is 16.0. The number of hydrogen-bond acceptors (Lipinski definition) is 2. The molecule has 0 aliphatic carbocycles. The predicted molar refractivity (Wildman–Crippen MR) is 100 cm³/mol. The first-order valence-corrected chi connectivity index (χ1v) is 8.01. The molecule has 1 N–H and O–H groups in total. The molecule has 2 nitrogen and oxygen atoms in total. The second-order valence-electron chi connectivity index (χ2n) is 6.51.